The van der Waals surface area contributed by atoms with Crippen LogP contribution in [0.1, 0.15) is 0 Å². The molecular weight excluding hydrogens is 180 g/mol. The minimum Gasteiger partial charge on any atom is -0.461 e. The molecule has 0 unspecified atom stereocenters. The zero-order valence-corrected chi connectivity index (χ0v) is 6.76. The quantitative estimate of drug-likeness (QED) is 0.545. The molecule has 0 aromatic heterocycles. The minimum atomic E-state index is -3.41. The van der Waals surface area contributed by atoms with Crippen molar-refractivity contribution in [1.29, 1.82) is 0 Å². The maximum atomic E-state index is 10.9. The largest absolute Gasteiger partial charge is 0.461 e. The minimum absolute atomic E-state index is 0.441. The Kier molecular flexibility index (Phi) is 1.37. The predicted molar refractivity (Wildman–Crippen MR) is 41.6 cm³/mol. The first-order chi connectivity index (χ1) is 5.67. The van der Waals surface area contributed by atoms with E-state index in [-0.39, 0.29) is 0 Å². The van der Waals surface area contributed by atoms with Gasteiger partial charge in [-0.1, -0.05) is 0 Å². The summed E-state index contributed by atoms with van der Waals surface area (Å²) in [6.07, 6.45) is 5.99. The smallest absolute Gasteiger partial charge is 0.321 e. The van der Waals surface area contributed by atoms with E-state index in [0.717, 1.165) is 0 Å². The lowest BCUT2D eigenvalue weighted by atomic mass is 10.3. The van der Waals surface area contributed by atoms with Crippen LogP contribution in [0.5, 0.6) is 0 Å². The van der Waals surface area contributed by atoms with Gasteiger partial charge >= 0.3 is 10.2 Å². The molecule has 0 radical (unpaired) electrons. The van der Waals surface area contributed by atoms with E-state index in [1.54, 1.807) is 12.2 Å². The molecule has 0 spiro atoms. The molecule has 12 heavy (non-hydrogen) atoms. The van der Waals surface area contributed by atoms with E-state index < -0.39 is 10.2 Å². The second-order valence-electron chi connectivity index (χ2n) is 2.26. The van der Waals surface area contributed by atoms with Gasteiger partial charge in [0.2, 0.25) is 0 Å². The van der Waals surface area contributed by atoms with Gasteiger partial charge in [0.1, 0.15) is 0 Å². The van der Waals surface area contributed by atoms with Crippen molar-refractivity contribution in [2.75, 3.05) is 0 Å². The highest BCUT2D eigenvalue weighted by atomic mass is 32.2. The van der Waals surface area contributed by atoms with Crippen molar-refractivity contribution in [3.05, 3.63) is 36.1 Å². The van der Waals surface area contributed by atoms with Crippen LogP contribution in [0.25, 0.3) is 0 Å². The van der Waals surface area contributed by atoms with Crippen molar-refractivity contribution in [1.82, 2.24) is 9.44 Å². The van der Waals surface area contributed by atoms with Gasteiger partial charge in [0, 0.05) is 0 Å². The van der Waals surface area contributed by atoms with Crippen LogP contribution in [-0.2, 0) is 14.9 Å². The van der Waals surface area contributed by atoms with Gasteiger partial charge in [0.15, 0.2) is 5.76 Å². The number of hydrogen-bond donors (Lipinski definition) is 2. The van der Waals surface area contributed by atoms with E-state index >= 15 is 0 Å². The fourth-order valence-corrected chi connectivity index (χ4v) is 1.67. The Bertz CT molecular complexity index is 391. The van der Waals surface area contributed by atoms with Crippen molar-refractivity contribution in [3.63, 3.8) is 0 Å². The average Bonchev–Trinajstić information content (AvgIpc) is 2.02. The second-order valence-corrected chi connectivity index (χ2v) is 3.71. The third kappa shape index (κ3) is 1.16. The third-order valence-corrected chi connectivity index (χ3v) is 2.31. The fraction of sp³-hybridized carbons (Fsp3) is 0. The molecule has 0 bridgehead atoms. The van der Waals surface area contributed by atoms with Crippen LogP contribution in [0.15, 0.2) is 36.1 Å². The standard InChI is InChI=1S/C6H6N2O3S/c9-12(10)7-4-6-5(8-12)2-1-3-11-6/h1-4,7-8H. The summed E-state index contributed by atoms with van der Waals surface area (Å²) in [5, 5.41) is 0. The molecule has 6 heteroatoms. The predicted octanol–water partition coefficient (Wildman–Crippen LogP) is -0.307. The lowest BCUT2D eigenvalue weighted by Gasteiger charge is -2.20. The summed E-state index contributed by atoms with van der Waals surface area (Å²) < 4.78 is 31.3. The molecule has 0 aromatic carbocycles. The number of hydrogen-bond acceptors (Lipinski definition) is 3. The van der Waals surface area contributed by atoms with Crippen LogP contribution in [0.4, 0.5) is 0 Å². The first kappa shape index (κ1) is 7.23. The van der Waals surface area contributed by atoms with Crippen LogP contribution in [0.3, 0.4) is 0 Å². The highest BCUT2D eigenvalue weighted by Gasteiger charge is 2.20. The number of fused-ring (bicyclic) bond motifs is 1. The Labute approximate surface area is 69.6 Å². The topological polar surface area (TPSA) is 67.4 Å². The van der Waals surface area contributed by atoms with Gasteiger partial charge in [-0.05, 0) is 12.2 Å². The van der Waals surface area contributed by atoms with Crippen LogP contribution in [0, 0.1) is 0 Å². The van der Waals surface area contributed by atoms with Gasteiger partial charge in [0.25, 0.3) is 0 Å². The summed E-state index contributed by atoms with van der Waals surface area (Å²) in [7, 11) is -3.41. The third-order valence-electron chi connectivity index (χ3n) is 1.39. The summed E-state index contributed by atoms with van der Waals surface area (Å²) in [6.45, 7) is 0. The van der Waals surface area contributed by atoms with Crippen molar-refractivity contribution < 1.29 is 13.2 Å². The molecule has 2 heterocycles. The van der Waals surface area contributed by atoms with E-state index in [2.05, 4.69) is 9.44 Å². The first-order valence-corrected chi connectivity index (χ1v) is 4.70. The average molecular weight is 186 g/mol. The van der Waals surface area contributed by atoms with E-state index in [4.69, 9.17) is 4.74 Å². The van der Waals surface area contributed by atoms with E-state index in [0.29, 0.717) is 11.5 Å². The molecular formula is C6H6N2O3S. The summed E-state index contributed by atoms with van der Waals surface area (Å²) in [6, 6.07) is 0. The highest BCUT2D eigenvalue weighted by molar-refractivity contribution is 7.87. The maximum absolute atomic E-state index is 10.9. The van der Waals surface area contributed by atoms with E-state index in [1.807, 2.05) is 0 Å². The maximum Gasteiger partial charge on any atom is 0.321 e. The van der Waals surface area contributed by atoms with Crippen LogP contribution < -0.4 is 9.44 Å². The molecule has 0 aromatic rings. The zero-order valence-electron chi connectivity index (χ0n) is 5.94. The van der Waals surface area contributed by atoms with Crippen LogP contribution in [0.2, 0.25) is 0 Å². The summed E-state index contributed by atoms with van der Waals surface area (Å²) in [5.41, 5.74) is 0.441. The number of ether oxygens (including phenoxy) is 1. The van der Waals surface area contributed by atoms with Crippen molar-refractivity contribution in [2.24, 2.45) is 0 Å². The van der Waals surface area contributed by atoms with Crippen molar-refractivity contribution in [2.45, 2.75) is 0 Å². The van der Waals surface area contributed by atoms with E-state index in [1.165, 1.54) is 12.5 Å². The van der Waals surface area contributed by atoms with E-state index in [9.17, 15) is 8.42 Å². The molecule has 0 amide bonds. The molecule has 0 saturated heterocycles. The molecule has 5 nitrogen and oxygen atoms in total. The van der Waals surface area contributed by atoms with Gasteiger partial charge in [0.05, 0.1) is 18.2 Å². The summed E-state index contributed by atoms with van der Waals surface area (Å²) >= 11 is 0. The normalized spacial score (nSPS) is 23.7. The Morgan fingerprint density at radius 3 is 3.08 bits per heavy atom. The fourth-order valence-electron chi connectivity index (χ4n) is 0.895. The summed E-state index contributed by atoms with van der Waals surface area (Å²) in [4.78, 5) is 0. The molecule has 2 aliphatic rings. The molecule has 0 fully saturated rings. The molecule has 0 aliphatic carbocycles. The van der Waals surface area contributed by atoms with Gasteiger partial charge in [-0.15, -0.1) is 0 Å². The van der Waals surface area contributed by atoms with Gasteiger partial charge in [-0.25, -0.2) is 0 Å². The van der Waals surface area contributed by atoms with Gasteiger partial charge in [-0.2, -0.15) is 8.42 Å². The molecule has 0 saturated carbocycles. The second kappa shape index (κ2) is 2.28. The molecule has 0 atom stereocenters. The first-order valence-electron chi connectivity index (χ1n) is 3.21. The van der Waals surface area contributed by atoms with Gasteiger partial charge < -0.3 is 4.74 Å². The van der Waals surface area contributed by atoms with Crippen LogP contribution in [-0.4, -0.2) is 8.42 Å². The number of allylic oxidation sites excluding steroid dienone is 2. The Morgan fingerprint density at radius 2 is 2.25 bits per heavy atom. The Morgan fingerprint density at radius 1 is 1.42 bits per heavy atom. The molecule has 2 rings (SSSR count). The van der Waals surface area contributed by atoms with Crippen molar-refractivity contribution >= 4 is 10.2 Å². The zero-order chi connectivity index (χ0) is 8.60. The monoisotopic (exact) mass is 186 g/mol. The highest BCUT2D eigenvalue weighted by Crippen LogP contribution is 2.16. The van der Waals surface area contributed by atoms with Crippen LogP contribution >= 0.6 is 0 Å². The lowest BCUT2D eigenvalue weighted by molar-refractivity contribution is 0.348. The Balaban J connectivity index is 2.43. The summed E-state index contributed by atoms with van der Waals surface area (Å²) in [5.74, 6) is 0.465. The molecule has 64 valence electrons. The van der Waals surface area contributed by atoms with Crippen molar-refractivity contribution in [3.8, 4) is 0 Å². The Hall–Kier alpha value is -1.43. The molecule has 2 aliphatic heterocycles. The number of rotatable bonds is 0. The molecule has 2 N–H and O–H groups in total. The van der Waals surface area contributed by atoms with Gasteiger partial charge in [-0.3, -0.25) is 9.44 Å². The lowest BCUT2D eigenvalue weighted by Crippen LogP contribution is -2.38. The number of nitrogens with one attached hydrogen (secondary N) is 2. The SMILES string of the molecule is O=S1(=O)NC=C2OC=CC=C2N1.